The van der Waals surface area contributed by atoms with Crippen LogP contribution in [0.2, 0.25) is 0 Å². The minimum Gasteiger partial charge on any atom is -0.491 e. The lowest BCUT2D eigenvalue weighted by atomic mass is 10.0. The molecule has 0 spiro atoms. The van der Waals surface area contributed by atoms with Gasteiger partial charge in [0.1, 0.15) is 5.76 Å². The number of nitrogens with zero attached hydrogens (tertiary/aromatic N) is 2. The summed E-state index contributed by atoms with van der Waals surface area (Å²) in [5, 5.41) is 2.42. The zero-order valence-corrected chi connectivity index (χ0v) is 12.8. The number of ether oxygens (including phenoxy) is 1. The Hall–Kier alpha value is -2.55. The Kier molecular flexibility index (Phi) is 4.54. The van der Waals surface area contributed by atoms with Crippen LogP contribution in [0.5, 0.6) is 0 Å². The number of benzene rings is 2. The Bertz CT molecular complexity index is 755. The van der Waals surface area contributed by atoms with Gasteiger partial charge in [-0.3, -0.25) is 0 Å². The molecular weight excluding hydrogens is 272 g/mol. The molecule has 3 heteroatoms. The maximum atomic E-state index is 6.06. The van der Waals surface area contributed by atoms with Gasteiger partial charge in [-0.2, -0.15) is 0 Å². The van der Waals surface area contributed by atoms with E-state index in [4.69, 9.17) is 4.74 Å². The standard InChI is InChI=1S/C19H20N2O/c1-2-3-13-22-19(14-21-12-11-20-15-21)18-10-6-8-16-7-4-5-9-17(16)18/h4-12,14-15H,2-3,13H2,1H3/b19-14-. The molecule has 0 aliphatic heterocycles. The molecule has 1 aromatic heterocycles. The van der Waals surface area contributed by atoms with Gasteiger partial charge in [0.05, 0.1) is 19.1 Å². The molecule has 0 fully saturated rings. The summed E-state index contributed by atoms with van der Waals surface area (Å²) >= 11 is 0. The molecule has 1 heterocycles. The zero-order valence-electron chi connectivity index (χ0n) is 12.8. The average molecular weight is 292 g/mol. The van der Waals surface area contributed by atoms with Gasteiger partial charge in [0.2, 0.25) is 0 Å². The lowest BCUT2D eigenvalue weighted by Gasteiger charge is -2.13. The number of unbranched alkanes of at least 4 members (excludes halogenated alkanes) is 1. The first kappa shape index (κ1) is 14.4. The normalized spacial score (nSPS) is 11.8. The van der Waals surface area contributed by atoms with E-state index in [-0.39, 0.29) is 0 Å². The molecule has 0 saturated heterocycles. The predicted molar refractivity (Wildman–Crippen MR) is 91.2 cm³/mol. The average Bonchev–Trinajstić information content (AvgIpc) is 3.07. The molecule has 3 rings (SSSR count). The van der Waals surface area contributed by atoms with Crippen LogP contribution in [0.4, 0.5) is 0 Å². The molecule has 0 amide bonds. The second-order valence-electron chi connectivity index (χ2n) is 5.23. The fourth-order valence-electron chi connectivity index (χ4n) is 2.43. The number of rotatable bonds is 6. The van der Waals surface area contributed by atoms with E-state index in [1.54, 1.807) is 12.5 Å². The van der Waals surface area contributed by atoms with Gasteiger partial charge >= 0.3 is 0 Å². The number of aromatic nitrogens is 2. The highest BCUT2D eigenvalue weighted by Gasteiger charge is 2.08. The fraction of sp³-hybridized carbons (Fsp3) is 0.211. The summed E-state index contributed by atoms with van der Waals surface area (Å²) in [7, 11) is 0. The summed E-state index contributed by atoms with van der Waals surface area (Å²) in [6, 6.07) is 14.7. The summed E-state index contributed by atoms with van der Waals surface area (Å²) in [6.45, 7) is 2.89. The molecule has 0 aliphatic carbocycles. The maximum Gasteiger partial charge on any atom is 0.143 e. The first-order chi connectivity index (χ1) is 10.9. The third-order valence-corrected chi connectivity index (χ3v) is 3.60. The SMILES string of the molecule is CCCCO/C(=C\n1ccnc1)c1cccc2ccccc12. The van der Waals surface area contributed by atoms with E-state index in [0.29, 0.717) is 0 Å². The fourth-order valence-corrected chi connectivity index (χ4v) is 2.43. The lowest BCUT2D eigenvalue weighted by molar-refractivity contribution is 0.272. The summed E-state index contributed by atoms with van der Waals surface area (Å²) in [4.78, 5) is 4.09. The quantitative estimate of drug-likeness (QED) is 0.481. The molecule has 0 radical (unpaired) electrons. The van der Waals surface area contributed by atoms with Gasteiger partial charge in [0, 0.05) is 18.0 Å². The first-order valence-electron chi connectivity index (χ1n) is 7.68. The Morgan fingerprint density at radius 2 is 2.05 bits per heavy atom. The molecule has 2 aromatic carbocycles. The van der Waals surface area contributed by atoms with Gasteiger partial charge in [-0.1, -0.05) is 55.8 Å². The van der Waals surface area contributed by atoms with Crippen LogP contribution in [0.15, 0.2) is 61.2 Å². The second-order valence-corrected chi connectivity index (χ2v) is 5.23. The van der Waals surface area contributed by atoms with Gasteiger partial charge in [-0.05, 0) is 17.2 Å². The molecule has 3 nitrogen and oxygen atoms in total. The number of hydrogen-bond acceptors (Lipinski definition) is 2. The second kappa shape index (κ2) is 6.94. The van der Waals surface area contributed by atoms with Gasteiger partial charge in [0.25, 0.3) is 0 Å². The van der Waals surface area contributed by atoms with Crippen molar-refractivity contribution in [3.63, 3.8) is 0 Å². The summed E-state index contributed by atoms with van der Waals surface area (Å²) in [5.74, 6) is 0.878. The van der Waals surface area contributed by atoms with Crippen molar-refractivity contribution in [3.05, 3.63) is 66.7 Å². The van der Waals surface area contributed by atoms with Crippen molar-refractivity contribution in [2.24, 2.45) is 0 Å². The van der Waals surface area contributed by atoms with Crippen LogP contribution in [-0.2, 0) is 4.74 Å². The molecule has 0 aliphatic rings. The van der Waals surface area contributed by atoms with E-state index in [1.165, 1.54) is 10.8 Å². The molecule has 0 unspecified atom stereocenters. The van der Waals surface area contributed by atoms with E-state index in [2.05, 4.69) is 54.4 Å². The Morgan fingerprint density at radius 1 is 1.18 bits per heavy atom. The zero-order chi connectivity index (χ0) is 15.2. The van der Waals surface area contributed by atoms with E-state index in [0.717, 1.165) is 30.8 Å². The van der Waals surface area contributed by atoms with E-state index < -0.39 is 0 Å². The van der Waals surface area contributed by atoms with Crippen LogP contribution >= 0.6 is 0 Å². The van der Waals surface area contributed by atoms with Gasteiger partial charge in [0.15, 0.2) is 0 Å². The minimum absolute atomic E-state index is 0.722. The predicted octanol–water partition coefficient (Wildman–Crippen LogP) is 4.81. The van der Waals surface area contributed by atoms with Gasteiger partial charge in [-0.15, -0.1) is 0 Å². The van der Waals surface area contributed by atoms with Crippen LogP contribution in [0.3, 0.4) is 0 Å². The van der Waals surface area contributed by atoms with Crippen molar-refractivity contribution in [3.8, 4) is 0 Å². The van der Waals surface area contributed by atoms with E-state index in [1.807, 2.05) is 17.0 Å². The summed E-state index contributed by atoms with van der Waals surface area (Å²) < 4.78 is 7.98. The topological polar surface area (TPSA) is 27.1 Å². The third kappa shape index (κ3) is 3.19. The van der Waals surface area contributed by atoms with Crippen molar-refractivity contribution >= 4 is 22.7 Å². The Morgan fingerprint density at radius 3 is 2.86 bits per heavy atom. The Labute approximate surface area is 130 Å². The molecule has 0 saturated carbocycles. The molecule has 3 aromatic rings. The van der Waals surface area contributed by atoms with Crippen molar-refractivity contribution < 1.29 is 4.74 Å². The van der Waals surface area contributed by atoms with Crippen molar-refractivity contribution in [1.29, 1.82) is 0 Å². The number of hydrogen-bond donors (Lipinski definition) is 0. The maximum absolute atomic E-state index is 6.06. The van der Waals surface area contributed by atoms with Crippen molar-refractivity contribution in [1.82, 2.24) is 9.55 Å². The molecular formula is C19H20N2O. The van der Waals surface area contributed by atoms with Crippen LogP contribution in [0, 0.1) is 0 Å². The monoisotopic (exact) mass is 292 g/mol. The van der Waals surface area contributed by atoms with E-state index >= 15 is 0 Å². The molecule has 0 bridgehead atoms. The molecule has 112 valence electrons. The van der Waals surface area contributed by atoms with Crippen molar-refractivity contribution in [2.45, 2.75) is 19.8 Å². The molecule has 22 heavy (non-hydrogen) atoms. The van der Waals surface area contributed by atoms with Gasteiger partial charge < -0.3 is 9.30 Å². The highest BCUT2D eigenvalue weighted by atomic mass is 16.5. The van der Waals surface area contributed by atoms with Crippen molar-refractivity contribution in [2.75, 3.05) is 6.61 Å². The summed E-state index contributed by atoms with van der Waals surface area (Å²) in [6.07, 6.45) is 9.61. The molecule has 0 N–H and O–H groups in total. The van der Waals surface area contributed by atoms with Crippen LogP contribution in [-0.4, -0.2) is 16.2 Å². The lowest BCUT2D eigenvalue weighted by Crippen LogP contribution is -1.97. The molecule has 0 atom stereocenters. The largest absolute Gasteiger partial charge is 0.491 e. The van der Waals surface area contributed by atoms with Gasteiger partial charge in [-0.25, -0.2) is 4.98 Å². The first-order valence-corrected chi connectivity index (χ1v) is 7.68. The Balaban J connectivity index is 2.03. The van der Waals surface area contributed by atoms with E-state index in [9.17, 15) is 0 Å². The third-order valence-electron chi connectivity index (χ3n) is 3.60. The number of fused-ring (bicyclic) bond motifs is 1. The van der Waals surface area contributed by atoms with Crippen LogP contribution in [0.1, 0.15) is 25.3 Å². The minimum atomic E-state index is 0.722. The highest BCUT2D eigenvalue weighted by Crippen LogP contribution is 2.26. The summed E-state index contributed by atoms with van der Waals surface area (Å²) in [5.41, 5.74) is 1.11. The smallest absolute Gasteiger partial charge is 0.143 e. The van der Waals surface area contributed by atoms with Crippen LogP contribution in [0.25, 0.3) is 22.7 Å². The van der Waals surface area contributed by atoms with Crippen LogP contribution < -0.4 is 0 Å². The highest BCUT2D eigenvalue weighted by molar-refractivity contribution is 5.94. The number of imidazole rings is 1.